The van der Waals surface area contributed by atoms with Crippen molar-refractivity contribution < 1.29 is 4.39 Å². The number of aromatic nitrogens is 2. The molecule has 1 aromatic carbocycles. The molecule has 4 nitrogen and oxygen atoms in total. The fraction of sp³-hybridized carbons (Fsp3) is 0.412. The smallest absolute Gasteiger partial charge is 0.132 e. The Morgan fingerprint density at radius 2 is 2.14 bits per heavy atom. The van der Waals surface area contributed by atoms with Crippen molar-refractivity contribution in [1.82, 2.24) is 15.3 Å². The maximum atomic E-state index is 13.4. The van der Waals surface area contributed by atoms with Gasteiger partial charge in [-0.15, -0.1) is 0 Å². The monoisotopic (exact) mass is 298 g/mol. The number of nitrogens with zero attached hydrogens (tertiary/aromatic N) is 3. The van der Waals surface area contributed by atoms with E-state index < -0.39 is 0 Å². The summed E-state index contributed by atoms with van der Waals surface area (Å²) < 4.78 is 13.4. The summed E-state index contributed by atoms with van der Waals surface area (Å²) in [7, 11) is 0. The van der Waals surface area contributed by atoms with Crippen LogP contribution in [0.1, 0.15) is 12.8 Å². The molecular formula is C17H19FN4. The molecule has 0 saturated carbocycles. The molecule has 114 valence electrons. The predicted molar refractivity (Wildman–Crippen MR) is 84.2 cm³/mol. The van der Waals surface area contributed by atoms with E-state index in [0.717, 1.165) is 36.7 Å². The first-order valence-electron chi connectivity index (χ1n) is 7.86. The van der Waals surface area contributed by atoms with Crippen molar-refractivity contribution >= 4 is 5.82 Å². The molecule has 5 heteroatoms. The number of halogens is 1. The zero-order valence-electron chi connectivity index (χ0n) is 12.4. The average Bonchev–Trinajstić information content (AvgIpc) is 2.99. The standard InChI is InChI=1S/C17H19FN4/c18-14-5-1-3-12(7-14)15-8-17(21-11-20-15)22-9-13-4-2-6-19-16(13)10-22/h1,3,5,7-8,11,13,16,19H,2,4,6,9-10H2. The van der Waals surface area contributed by atoms with E-state index >= 15 is 0 Å². The van der Waals surface area contributed by atoms with Crippen LogP contribution < -0.4 is 10.2 Å². The molecule has 2 aromatic rings. The van der Waals surface area contributed by atoms with Crippen LogP contribution in [0.4, 0.5) is 10.2 Å². The molecule has 4 rings (SSSR count). The summed E-state index contributed by atoms with van der Waals surface area (Å²) in [6.07, 6.45) is 4.12. The number of fused-ring (bicyclic) bond motifs is 1. The normalized spacial score (nSPS) is 24.3. The van der Waals surface area contributed by atoms with Gasteiger partial charge in [0.05, 0.1) is 5.69 Å². The Balaban J connectivity index is 1.60. The number of rotatable bonds is 2. The van der Waals surface area contributed by atoms with Crippen LogP contribution in [0.3, 0.4) is 0 Å². The third-order valence-electron chi connectivity index (χ3n) is 4.70. The highest BCUT2D eigenvalue weighted by atomic mass is 19.1. The maximum Gasteiger partial charge on any atom is 0.132 e. The number of piperidine rings is 1. The lowest BCUT2D eigenvalue weighted by Crippen LogP contribution is -2.40. The van der Waals surface area contributed by atoms with E-state index in [9.17, 15) is 4.39 Å². The molecular weight excluding hydrogens is 279 g/mol. The number of benzene rings is 1. The van der Waals surface area contributed by atoms with Crippen molar-refractivity contribution in [2.24, 2.45) is 5.92 Å². The van der Waals surface area contributed by atoms with Crippen LogP contribution in [0, 0.1) is 11.7 Å². The van der Waals surface area contributed by atoms with Crippen molar-refractivity contribution in [2.45, 2.75) is 18.9 Å². The van der Waals surface area contributed by atoms with Gasteiger partial charge >= 0.3 is 0 Å². The minimum atomic E-state index is -0.242. The molecule has 2 unspecified atom stereocenters. The topological polar surface area (TPSA) is 41.0 Å². The minimum absolute atomic E-state index is 0.242. The highest BCUT2D eigenvalue weighted by molar-refractivity contribution is 5.62. The van der Waals surface area contributed by atoms with Crippen LogP contribution in [0.25, 0.3) is 11.3 Å². The SMILES string of the molecule is Fc1cccc(-c2cc(N3CC4CCCNC4C3)ncn2)c1. The Kier molecular flexibility index (Phi) is 3.50. The van der Waals surface area contributed by atoms with Crippen molar-refractivity contribution in [3.8, 4) is 11.3 Å². The number of hydrogen-bond acceptors (Lipinski definition) is 4. The third-order valence-corrected chi connectivity index (χ3v) is 4.70. The fourth-order valence-corrected chi connectivity index (χ4v) is 3.56. The van der Waals surface area contributed by atoms with Crippen molar-refractivity contribution in [3.05, 3.63) is 42.5 Å². The Morgan fingerprint density at radius 3 is 3.00 bits per heavy atom. The zero-order valence-corrected chi connectivity index (χ0v) is 12.4. The highest BCUT2D eigenvalue weighted by Crippen LogP contribution is 2.29. The van der Waals surface area contributed by atoms with Gasteiger partial charge < -0.3 is 10.2 Å². The van der Waals surface area contributed by atoms with Gasteiger partial charge in [0.25, 0.3) is 0 Å². The van der Waals surface area contributed by atoms with Crippen LogP contribution >= 0.6 is 0 Å². The van der Waals surface area contributed by atoms with Gasteiger partial charge in [0, 0.05) is 30.8 Å². The van der Waals surface area contributed by atoms with E-state index in [2.05, 4.69) is 20.2 Å². The third kappa shape index (κ3) is 2.57. The lowest BCUT2D eigenvalue weighted by molar-refractivity contribution is 0.340. The van der Waals surface area contributed by atoms with E-state index in [1.54, 1.807) is 12.4 Å². The molecule has 22 heavy (non-hydrogen) atoms. The first-order valence-corrected chi connectivity index (χ1v) is 7.86. The molecule has 2 saturated heterocycles. The summed E-state index contributed by atoms with van der Waals surface area (Å²) in [6.45, 7) is 3.15. The second-order valence-electron chi connectivity index (χ2n) is 6.14. The molecule has 2 fully saturated rings. The summed E-state index contributed by atoms with van der Waals surface area (Å²) >= 11 is 0. The molecule has 0 spiro atoms. The number of anilines is 1. The quantitative estimate of drug-likeness (QED) is 0.925. The van der Waals surface area contributed by atoms with Gasteiger partial charge in [-0.3, -0.25) is 0 Å². The van der Waals surface area contributed by atoms with Gasteiger partial charge in [0.2, 0.25) is 0 Å². The van der Waals surface area contributed by atoms with Crippen LogP contribution in [0.5, 0.6) is 0 Å². The first kappa shape index (κ1) is 13.6. The van der Waals surface area contributed by atoms with E-state index in [-0.39, 0.29) is 5.82 Å². The Labute approximate surface area is 129 Å². The van der Waals surface area contributed by atoms with Gasteiger partial charge in [0.15, 0.2) is 0 Å². The Morgan fingerprint density at radius 1 is 1.18 bits per heavy atom. The van der Waals surface area contributed by atoms with Crippen LogP contribution in [-0.4, -0.2) is 35.6 Å². The first-order chi connectivity index (χ1) is 10.8. The molecule has 2 aliphatic rings. The van der Waals surface area contributed by atoms with Gasteiger partial charge in [-0.25, -0.2) is 14.4 Å². The second-order valence-corrected chi connectivity index (χ2v) is 6.14. The number of hydrogen-bond donors (Lipinski definition) is 1. The molecule has 0 radical (unpaired) electrons. The van der Waals surface area contributed by atoms with Crippen molar-refractivity contribution in [3.63, 3.8) is 0 Å². The molecule has 0 aliphatic carbocycles. The molecule has 0 bridgehead atoms. The minimum Gasteiger partial charge on any atom is -0.355 e. The van der Waals surface area contributed by atoms with Crippen molar-refractivity contribution in [1.29, 1.82) is 0 Å². The average molecular weight is 298 g/mol. The van der Waals surface area contributed by atoms with Crippen LogP contribution in [0.2, 0.25) is 0 Å². The maximum absolute atomic E-state index is 13.4. The van der Waals surface area contributed by atoms with Crippen LogP contribution in [0.15, 0.2) is 36.7 Å². The lowest BCUT2D eigenvalue weighted by Gasteiger charge is -2.24. The van der Waals surface area contributed by atoms with E-state index in [1.165, 1.54) is 25.0 Å². The predicted octanol–water partition coefficient (Wildman–Crippen LogP) is 2.47. The van der Waals surface area contributed by atoms with Crippen LogP contribution in [-0.2, 0) is 0 Å². The summed E-state index contributed by atoms with van der Waals surface area (Å²) in [6, 6.07) is 9.08. The van der Waals surface area contributed by atoms with Crippen molar-refractivity contribution in [2.75, 3.05) is 24.5 Å². The van der Waals surface area contributed by atoms with Gasteiger partial charge in [-0.05, 0) is 37.4 Å². The molecule has 2 atom stereocenters. The second kappa shape index (κ2) is 5.65. The summed E-state index contributed by atoms with van der Waals surface area (Å²) in [5, 5.41) is 3.60. The summed E-state index contributed by atoms with van der Waals surface area (Å²) in [4.78, 5) is 11.0. The number of nitrogens with one attached hydrogen (secondary N) is 1. The highest BCUT2D eigenvalue weighted by Gasteiger charge is 2.34. The Bertz CT molecular complexity index is 661. The van der Waals surface area contributed by atoms with Gasteiger partial charge in [0.1, 0.15) is 18.0 Å². The zero-order chi connectivity index (χ0) is 14.9. The Hall–Kier alpha value is -2.01. The van der Waals surface area contributed by atoms with E-state index in [4.69, 9.17) is 0 Å². The fourth-order valence-electron chi connectivity index (χ4n) is 3.56. The lowest BCUT2D eigenvalue weighted by atomic mass is 9.94. The molecule has 3 heterocycles. The van der Waals surface area contributed by atoms with E-state index in [0.29, 0.717) is 12.0 Å². The molecule has 1 N–H and O–H groups in total. The molecule has 1 aromatic heterocycles. The summed E-state index contributed by atoms with van der Waals surface area (Å²) in [5.41, 5.74) is 1.56. The van der Waals surface area contributed by atoms with E-state index in [1.807, 2.05) is 12.1 Å². The molecule has 2 aliphatic heterocycles. The molecule has 0 amide bonds. The largest absolute Gasteiger partial charge is 0.355 e. The van der Waals surface area contributed by atoms with Gasteiger partial charge in [-0.1, -0.05) is 12.1 Å². The van der Waals surface area contributed by atoms with Gasteiger partial charge in [-0.2, -0.15) is 0 Å². The summed E-state index contributed by atoms with van der Waals surface area (Å²) in [5.74, 6) is 1.40.